The van der Waals surface area contributed by atoms with E-state index in [-0.39, 0.29) is 0 Å². The molecule has 20 heavy (non-hydrogen) atoms. The Kier molecular flexibility index (Phi) is 4.25. The lowest BCUT2D eigenvalue weighted by Crippen LogP contribution is -2.44. The van der Waals surface area contributed by atoms with Gasteiger partial charge in [-0.25, -0.2) is 8.42 Å². The van der Waals surface area contributed by atoms with Crippen molar-refractivity contribution in [1.82, 2.24) is 9.78 Å². The molecule has 1 aliphatic carbocycles. The second-order valence-corrected chi connectivity index (χ2v) is 8.26. The molecule has 0 radical (unpaired) electrons. The van der Waals surface area contributed by atoms with Crippen LogP contribution in [0.1, 0.15) is 51.3 Å². The minimum Gasteiger partial charge on any atom is -0.388 e. The smallest absolute Gasteiger partial charge is 0.153 e. The topological polar surface area (TPSA) is 72.2 Å². The summed E-state index contributed by atoms with van der Waals surface area (Å²) in [7, 11) is -3.23. The number of nitrogens with zero attached hydrogens (tertiary/aromatic N) is 2. The first-order valence-electron chi connectivity index (χ1n) is 7.21. The summed E-state index contributed by atoms with van der Waals surface area (Å²) in [5.74, 6) is 0. The van der Waals surface area contributed by atoms with Crippen molar-refractivity contribution in [2.24, 2.45) is 0 Å². The van der Waals surface area contributed by atoms with Gasteiger partial charge in [-0.3, -0.25) is 4.68 Å². The van der Waals surface area contributed by atoms with Crippen molar-refractivity contribution < 1.29 is 13.5 Å². The molecule has 3 unspecified atom stereocenters. The molecule has 0 aromatic carbocycles. The maximum atomic E-state index is 11.8. The lowest BCUT2D eigenvalue weighted by molar-refractivity contribution is 0.0501. The minimum absolute atomic E-state index is 0.313. The average molecular weight is 300 g/mol. The van der Waals surface area contributed by atoms with Crippen LogP contribution in [0.3, 0.4) is 0 Å². The Morgan fingerprint density at radius 1 is 1.60 bits per heavy atom. The largest absolute Gasteiger partial charge is 0.388 e. The van der Waals surface area contributed by atoms with E-state index < -0.39 is 20.7 Å². The molecule has 3 atom stereocenters. The molecule has 1 fully saturated rings. The zero-order chi connectivity index (χ0) is 15.0. The summed E-state index contributed by atoms with van der Waals surface area (Å²) in [6.45, 7) is 4.18. The number of rotatable bonds is 5. The van der Waals surface area contributed by atoms with Crippen LogP contribution in [-0.4, -0.2) is 40.4 Å². The van der Waals surface area contributed by atoms with E-state index in [1.807, 2.05) is 16.9 Å². The molecule has 1 N–H and O–H groups in total. The predicted octanol–water partition coefficient (Wildman–Crippen LogP) is 1.72. The number of aromatic nitrogens is 2. The van der Waals surface area contributed by atoms with E-state index >= 15 is 0 Å². The van der Waals surface area contributed by atoms with Gasteiger partial charge in [0.25, 0.3) is 0 Å². The van der Waals surface area contributed by atoms with Crippen molar-refractivity contribution in [2.75, 3.05) is 6.26 Å². The number of sulfone groups is 1. The van der Waals surface area contributed by atoms with Crippen LogP contribution >= 0.6 is 0 Å². The van der Waals surface area contributed by atoms with Crippen LogP contribution in [0.15, 0.2) is 12.3 Å². The van der Waals surface area contributed by atoms with Crippen molar-refractivity contribution in [3.05, 3.63) is 18.0 Å². The zero-order valence-electron chi connectivity index (χ0n) is 12.4. The SMILES string of the molecule is CCC(C)n1ccc(CC2(O)CCCC2S(C)(=O)=O)n1. The van der Waals surface area contributed by atoms with Gasteiger partial charge in [0.2, 0.25) is 0 Å². The van der Waals surface area contributed by atoms with Crippen LogP contribution in [0.25, 0.3) is 0 Å². The van der Waals surface area contributed by atoms with Crippen molar-refractivity contribution in [3.63, 3.8) is 0 Å². The Labute approximate surface area is 120 Å². The zero-order valence-corrected chi connectivity index (χ0v) is 13.2. The normalized spacial score (nSPS) is 28.7. The Bertz CT molecular complexity index is 567. The highest BCUT2D eigenvalue weighted by Crippen LogP contribution is 2.37. The van der Waals surface area contributed by atoms with Crippen LogP contribution in [0.2, 0.25) is 0 Å². The second-order valence-electron chi connectivity index (χ2n) is 6.04. The molecular weight excluding hydrogens is 276 g/mol. The highest BCUT2D eigenvalue weighted by atomic mass is 32.2. The van der Waals surface area contributed by atoms with Crippen molar-refractivity contribution in [3.8, 4) is 0 Å². The molecule has 0 amide bonds. The van der Waals surface area contributed by atoms with Gasteiger partial charge in [0.1, 0.15) is 0 Å². The molecule has 0 bridgehead atoms. The van der Waals surface area contributed by atoms with Gasteiger partial charge in [0.05, 0.1) is 16.5 Å². The fourth-order valence-electron chi connectivity index (χ4n) is 3.06. The van der Waals surface area contributed by atoms with Crippen LogP contribution in [0, 0.1) is 0 Å². The maximum Gasteiger partial charge on any atom is 0.153 e. The van der Waals surface area contributed by atoms with Gasteiger partial charge in [-0.05, 0) is 38.7 Å². The molecule has 1 saturated carbocycles. The molecule has 0 aliphatic heterocycles. The molecule has 5 nitrogen and oxygen atoms in total. The van der Waals surface area contributed by atoms with Gasteiger partial charge >= 0.3 is 0 Å². The lowest BCUT2D eigenvalue weighted by atomic mass is 9.96. The Morgan fingerprint density at radius 3 is 2.90 bits per heavy atom. The standard InChI is InChI=1S/C14H24N2O3S/c1-4-11(2)16-9-7-12(15-16)10-14(17)8-5-6-13(14)20(3,18)19/h7,9,11,13,17H,4-6,8,10H2,1-3H3. The van der Waals surface area contributed by atoms with Crippen molar-refractivity contribution >= 4 is 9.84 Å². The first-order valence-corrected chi connectivity index (χ1v) is 9.17. The third-order valence-corrected chi connectivity index (χ3v) is 6.09. The van der Waals surface area contributed by atoms with E-state index in [1.165, 1.54) is 6.26 Å². The third-order valence-electron chi connectivity index (χ3n) is 4.39. The van der Waals surface area contributed by atoms with Gasteiger partial charge in [-0.1, -0.05) is 6.92 Å². The van der Waals surface area contributed by atoms with E-state index in [9.17, 15) is 13.5 Å². The van der Waals surface area contributed by atoms with Crippen LogP contribution in [-0.2, 0) is 16.3 Å². The summed E-state index contributed by atoms with van der Waals surface area (Å²) >= 11 is 0. The molecule has 0 spiro atoms. The van der Waals surface area contributed by atoms with E-state index in [4.69, 9.17) is 0 Å². The maximum absolute atomic E-state index is 11.8. The molecule has 1 aromatic rings. The van der Waals surface area contributed by atoms with Gasteiger partial charge in [-0.15, -0.1) is 0 Å². The summed E-state index contributed by atoms with van der Waals surface area (Å²) in [6.07, 6.45) is 6.23. The highest BCUT2D eigenvalue weighted by Gasteiger charge is 2.47. The molecule has 6 heteroatoms. The summed E-state index contributed by atoms with van der Waals surface area (Å²) in [4.78, 5) is 0. The predicted molar refractivity (Wildman–Crippen MR) is 78.4 cm³/mol. The van der Waals surface area contributed by atoms with Crippen LogP contribution in [0.4, 0.5) is 0 Å². The third kappa shape index (κ3) is 3.06. The van der Waals surface area contributed by atoms with Crippen LogP contribution in [0.5, 0.6) is 0 Å². The molecule has 114 valence electrons. The molecular formula is C14H24N2O3S. The van der Waals surface area contributed by atoms with Gasteiger partial charge in [-0.2, -0.15) is 5.10 Å². The molecule has 0 saturated heterocycles. The molecule has 1 aliphatic rings. The first kappa shape index (κ1) is 15.5. The Hall–Kier alpha value is -0.880. The number of aliphatic hydroxyl groups is 1. The van der Waals surface area contributed by atoms with Crippen LogP contribution < -0.4 is 0 Å². The quantitative estimate of drug-likeness (QED) is 0.899. The highest BCUT2D eigenvalue weighted by molar-refractivity contribution is 7.91. The molecule has 2 rings (SSSR count). The van der Waals surface area contributed by atoms with E-state index in [0.717, 1.165) is 18.5 Å². The van der Waals surface area contributed by atoms with Gasteiger partial charge in [0, 0.05) is 24.9 Å². The van der Waals surface area contributed by atoms with Gasteiger partial charge < -0.3 is 5.11 Å². The molecule has 1 heterocycles. The summed E-state index contributed by atoms with van der Waals surface area (Å²) in [5.41, 5.74) is -0.397. The first-order chi connectivity index (χ1) is 9.26. The summed E-state index contributed by atoms with van der Waals surface area (Å²) in [5, 5.41) is 14.5. The Morgan fingerprint density at radius 2 is 2.30 bits per heavy atom. The number of hydrogen-bond acceptors (Lipinski definition) is 4. The molecule has 1 aromatic heterocycles. The Balaban J connectivity index is 2.18. The average Bonchev–Trinajstić information content (AvgIpc) is 2.94. The minimum atomic E-state index is -3.23. The fourth-order valence-corrected chi connectivity index (χ4v) is 4.65. The van der Waals surface area contributed by atoms with E-state index in [0.29, 0.717) is 25.3 Å². The van der Waals surface area contributed by atoms with E-state index in [2.05, 4.69) is 18.9 Å². The second kappa shape index (κ2) is 5.48. The fraction of sp³-hybridized carbons (Fsp3) is 0.786. The number of hydrogen-bond donors (Lipinski definition) is 1. The van der Waals surface area contributed by atoms with Crippen molar-refractivity contribution in [2.45, 2.75) is 62.8 Å². The lowest BCUT2D eigenvalue weighted by Gasteiger charge is -2.28. The van der Waals surface area contributed by atoms with Gasteiger partial charge in [0.15, 0.2) is 9.84 Å². The summed E-state index contributed by atoms with van der Waals surface area (Å²) < 4.78 is 25.5. The summed E-state index contributed by atoms with van der Waals surface area (Å²) in [6, 6.07) is 2.19. The van der Waals surface area contributed by atoms with E-state index in [1.54, 1.807) is 0 Å². The monoisotopic (exact) mass is 300 g/mol. The van der Waals surface area contributed by atoms with Crippen molar-refractivity contribution in [1.29, 1.82) is 0 Å².